The zero-order valence-corrected chi connectivity index (χ0v) is 13.1. The third kappa shape index (κ3) is 4.79. The van der Waals surface area contributed by atoms with Gasteiger partial charge < -0.3 is 9.47 Å². The van der Waals surface area contributed by atoms with Crippen molar-refractivity contribution in [1.29, 1.82) is 0 Å². The van der Waals surface area contributed by atoms with Gasteiger partial charge in [0.25, 0.3) is 0 Å². The largest absolute Gasteiger partial charge is 0.493 e. The van der Waals surface area contributed by atoms with Crippen LogP contribution < -0.4 is 9.47 Å². The Morgan fingerprint density at radius 1 is 1.21 bits per heavy atom. The fourth-order valence-electron chi connectivity index (χ4n) is 1.70. The van der Waals surface area contributed by atoms with Crippen molar-refractivity contribution in [2.75, 3.05) is 13.0 Å². The lowest BCUT2D eigenvalue weighted by Gasteiger charge is -2.14. The second-order valence-electron chi connectivity index (χ2n) is 5.08. The Balaban J connectivity index is 3.06. The number of rotatable bonds is 6. The second-order valence-corrected chi connectivity index (χ2v) is 5.35. The second kappa shape index (κ2) is 7.44. The molecule has 0 N–H and O–H groups in total. The normalized spacial score (nSPS) is 12.1. The minimum Gasteiger partial charge on any atom is -0.493 e. The molecule has 0 aromatic heterocycles. The Hall–Kier alpha value is -1.15. The first-order chi connectivity index (χ1) is 8.97. The summed E-state index contributed by atoms with van der Waals surface area (Å²) in [5.74, 6) is 2.51. The molecule has 0 saturated heterocycles. The maximum absolute atomic E-state index is 5.96. The standard InChI is InChI=1S/C16H23ClO2/c1-11(2)14(10-17)8-13-6-7-15(19-12(3)4)16(9-13)18-5/h6-9,11-12H,10H2,1-5H3. The highest BCUT2D eigenvalue weighted by molar-refractivity contribution is 6.19. The van der Waals surface area contributed by atoms with Gasteiger partial charge in [-0.05, 0) is 37.5 Å². The lowest BCUT2D eigenvalue weighted by atomic mass is 10.0. The lowest BCUT2D eigenvalue weighted by molar-refractivity contribution is 0.230. The highest BCUT2D eigenvalue weighted by Crippen LogP contribution is 2.30. The first-order valence-electron chi connectivity index (χ1n) is 6.59. The van der Waals surface area contributed by atoms with Crippen molar-refractivity contribution in [1.82, 2.24) is 0 Å². The van der Waals surface area contributed by atoms with Crippen LogP contribution in [0.5, 0.6) is 11.5 Å². The summed E-state index contributed by atoms with van der Waals surface area (Å²) in [5.41, 5.74) is 2.29. The summed E-state index contributed by atoms with van der Waals surface area (Å²) in [7, 11) is 1.65. The van der Waals surface area contributed by atoms with E-state index in [0.29, 0.717) is 11.8 Å². The number of alkyl halides is 1. The van der Waals surface area contributed by atoms with Gasteiger partial charge in [-0.3, -0.25) is 0 Å². The van der Waals surface area contributed by atoms with Crippen molar-refractivity contribution in [3.05, 3.63) is 29.3 Å². The smallest absolute Gasteiger partial charge is 0.161 e. The summed E-state index contributed by atoms with van der Waals surface area (Å²) >= 11 is 5.96. The van der Waals surface area contributed by atoms with Crippen LogP contribution in [0.3, 0.4) is 0 Å². The fraction of sp³-hybridized carbons (Fsp3) is 0.500. The van der Waals surface area contributed by atoms with E-state index in [2.05, 4.69) is 19.9 Å². The van der Waals surface area contributed by atoms with Crippen LogP contribution in [0.4, 0.5) is 0 Å². The van der Waals surface area contributed by atoms with E-state index in [4.69, 9.17) is 21.1 Å². The Labute approximate surface area is 121 Å². The zero-order chi connectivity index (χ0) is 14.4. The van der Waals surface area contributed by atoms with Crippen LogP contribution in [0, 0.1) is 5.92 Å². The Bertz CT molecular complexity index is 436. The molecule has 0 unspecified atom stereocenters. The molecule has 0 fully saturated rings. The third-order valence-corrected chi connectivity index (χ3v) is 3.11. The molecule has 19 heavy (non-hydrogen) atoms. The number of methoxy groups -OCH3 is 1. The minimum atomic E-state index is 0.129. The molecule has 1 aromatic rings. The van der Waals surface area contributed by atoms with Crippen LogP contribution in [-0.2, 0) is 0 Å². The molecular weight excluding hydrogens is 260 g/mol. The van der Waals surface area contributed by atoms with Gasteiger partial charge >= 0.3 is 0 Å². The maximum Gasteiger partial charge on any atom is 0.161 e. The van der Waals surface area contributed by atoms with Gasteiger partial charge in [-0.15, -0.1) is 11.6 Å². The van der Waals surface area contributed by atoms with Gasteiger partial charge in [-0.1, -0.05) is 31.6 Å². The molecule has 0 amide bonds. The molecular formula is C16H23ClO2. The predicted octanol–water partition coefficient (Wildman–Crippen LogP) is 4.76. The van der Waals surface area contributed by atoms with E-state index in [1.807, 2.05) is 32.0 Å². The van der Waals surface area contributed by atoms with Crippen molar-refractivity contribution in [2.24, 2.45) is 5.92 Å². The SMILES string of the molecule is COc1cc(C=C(CCl)C(C)C)ccc1OC(C)C. The molecule has 0 aliphatic rings. The van der Waals surface area contributed by atoms with E-state index in [-0.39, 0.29) is 6.10 Å². The molecule has 3 heteroatoms. The molecule has 0 atom stereocenters. The number of ether oxygens (including phenoxy) is 2. The van der Waals surface area contributed by atoms with E-state index in [1.54, 1.807) is 7.11 Å². The lowest BCUT2D eigenvalue weighted by Crippen LogP contribution is -2.06. The number of hydrogen-bond donors (Lipinski definition) is 0. The molecule has 0 radical (unpaired) electrons. The van der Waals surface area contributed by atoms with Crippen molar-refractivity contribution >= 4 is 17.7 Å². The quantitative estimate of drug-likeness (QED) is 0.700. The Morgan fingerprint density at radius 2 is 1.89 bits per heavy atom. The molecule has 0 heterocycles. The van der Waals surface area contributed by atoms with Crippen LogP contribution in [0.15, 0.2) is 23.8 Å². The molecule has 2 nitrogen and oxygen atoms in total. The highest BCUT2D eigenvalue weighted by atomic mass is 35.5. The van der Waals surface area contributed by atoms with Gasteiger partial charge in [0.15, 0.2) is 11.5 Å². The summed E-state index contributed by atoms with van der Waals surface area (Å²) < 4.78 is 11.1. The van der Waals surface area contributed by atoms with E-state index < -0.39 is 0 Å². The van der Waals surface area contributed by atoms with Gasteiger partial charge in [-0.25, -0.2) is 0 Å². The van der Waals surface area contributed by atoms with E-state index >= 15 is 0 Å². The van der Waals surface area contributed by atoms with Crippen LogP contribution in [0.1, 0.15) is 33.3 Å². The van der Waals surface area contributed by atoms with Gasteiger partial charge in [0.05, 0.1) is 13.2 Å². The summed E-state index contributed by atoms with van der Waals surface area (Å²) in [6.45, 7) is 8.28. The highest BCUT2D eigenvalue weighted by Gasteiger charge is 2.08. The molecule has 0 spiro atoms. The number of hydrogen-bond acceptors (Lipinski definition) is 2. The van der Waals surface area contributed by atoms with Crippen LogP contribution in [0.25, 0.3) is 6.08 Å². The van der Waals surface area contributed by atoms with Gasteiger partial charge in [0, 0.05) is 5.88 Å². The van der Waals surface area contributed by atoms with Crippen LogP contribution >= 0.6 is 11.6 Å². The number of halogens is 1. The summed E-state index contributed by atoms with van der Waals surface area (Å²) in [6.07, 6.45) is 2.24. The van der Waals surface area contributed by atoms with E-state index in [0.717, 1.165) is 17.1 Å². The minimum absolute atomic E-state index is 0.129. The monoisotopic (exact) mass is 282 g/mol. The van der Waals surface area contributed by atoms with Crippen LogP contribution in [0.2, 0.25) is 0 Å². The van der Waals surface area contributed by atoms with Crippen molar-refractivity contribution in [3.63, 3.8) is 0 Å². The number of allylic oxidation sites excluding steroid dienone is 1. The Kier molecular flexibility index (Phi) is 6.23. The predicted molar refractivity (Wildman–Crippen MR) is 82.3 cm³/mol. The van der Waals surface area contributed by atoms with E-state index in [9.17, 15) is 0 Å². The first-order valence-corrected chi connectivity index (χ1v) is 7.12. The van der Waals surface area contributed by atoms with Crippen molar-refractivity contribution in [3.8, 4) is 11.5 Å². The molecule has 0 bridgehead atoms. The maximum atomic E-state index is 5.96. The summed E-state index contributed by atoms with van der Waals surface area (Å²) in [6, 6.07) is 5.94. The molecule has 106 valence electrons. The topological polar surface area (TPSA) is 18.5 Å². The molecule has 1 aromatic carbocycles. The molecule has 0 aliphatic carbocycles. The molecule has 1 rings (SSSR count). The van der Waals surface area contributed by atoms with Crippen molar-refractivity contribution in [2.45, 2.75) is 33.8 Å². The van der Waals surface area contributed by atoms with Crippen molar-refractivity contribution < 1.29 is 9.47 Å². The third-order valence-electron chi connectivity index (χ3n) is 2.80. The Morgan fingerprint density at radius 3 is 2.37 bits per heavy atom. The van der Waals surface area contributed by atoms with Gasteiger partial charge in [0.2, 0.25) is 0 Å². The van der Waals surface area contributed by atoms with E-state index in [1.165, 1.54) is 5.57 Å². The molecule has 0 aliphatic heterocycles. The number of benzene rings is 1. The molecule has 0 saturated carbocycles. The fourth-order valence-corrected chi connectivity index (χ4v) is 2.08. The zero-order valence-electron chi connectivity index (χ0n) is 12.4. The first kappa shape index (κ1) is 15.9. The van der Waals surface area contributed by atoms with Crippen LogP contribution in [-0.4, -0.2) is 19.1 Å². The van der Waals surface area contributed by atoms with Gasteiger partial charge in [0.1, 0.15) is 0 Å². The summed E-state index contributed by atoms with van der Waals surface area (Å²) in [5, 5.41) is 0. The van der Waals surface area contributed by atoms with Gasteiger partial charge in [-0.2, -0.15) is 0 Å². The average molecular weight is 283 g/mol. The summed E-state index contributed by atoms with van der Waals surface area (Å²) in [4.78, 5) is 0. The average Bonchev–Trinajstić information content (AvgIpc) is 2.36.